The van der Waals surface area contributed by atoms with Crippen molar-refractivity contribution in [3.8, 4) is 0 Å². The Morgan fingerprint density at radius 1 is 1.31 bits per heavy atom. The summed E-state index contributed by atoms with van der Waals surface area (Å²) in [6.07, 6.45) is -2.62. The highest BCUT2D eigenvalue weighted by Crippen LogP contribution is 2.21. The third-order valence-corrected chi connectivity index (χ3v) is 1.86. The van der Waals surface area contributed by atoms with Gasteiger partial charge in [-0.15, -0.1) is 0 Å². The highest BCUT2D eigenvalue weighted by molar-refractivity contribution is 5.29. The third-order valence-electron chi connectivity index (χ3n) is 1.86. The molecule has 0 saturated heterocycles. The minimum atomic E-state index is -2.62. The lowest BCUT2D eigenvalue weighted by Gasteiger charge is -2.13. The molecule has 72 valence electrons. The van der Waals surface area contributed by atoms with Crippen molar-refractivity contribution < 1.29 is 13.2 Å². The van der Waals surface area contributed by atoms with Crippen molar-refractivity contribution in [2.45, 2.75) is 19.4 Å². The van der Waals surface area contributed by atoms with Crippen molar-refractivity contribution in [3.63, 3.8) is 0 Å². The van der Waals surface area contributed by atoms with E-state index in [4.69, 9.17) is 5.73 Å². The molecule has 0 spiro atoms. The monoisotopic (exact) mass is 189 g/mol. The first kappa shape index (κ1) is 10.1. The fourth-order valence-electron chi connectivity index (χ4n) is 1.15. The minimum Gasteiger partial charge on any atom is -0.319 e. The highest BCUT2D eigenvalue weighted by atomic mass is 19.3. The zero-order chi connectivity index (χ0) is 10.0. The van der Waals surface area contributed by atoms with Gasteiger partial charge in [-0.1, -0.05) is 6.07 Å². The van der Waals surface area contributed by atoms with Crippen LogP contribution in [-0.4, -0.2) is 6.43 Å². The van der Waals surface area contributed by atoms with Crippen LogP contribution in [0.1, 0.15) is 17.2 Å². The molecule has 0 amide bonds. The molecule has 0 aliphatic carbocycles. The maximum atomic E-state index is 12.6. The topological polar surface area (TPSA) is 26.0 Å². The van der Waals surface area contributed by atoms with Gasteiger partial charge in [-0.25, -0.2) is 13.2 Å². The molecule has 0 heterocycles. The van der Waals surface area contributed by atoms with Crippen molar-refractivity contribution in [3.05, 3.63) is 35.1 Å². The van der Waals surface area contributed by atoms with Crippen LogP contribution >= 0.6 is 0 Å². The Bertz CT molecular complexity index is 299. The molecule has 0 unspecified atom stereocenters. The van der Waals surface area contributed by atoms with Crippen LogP contribution in [-0.2, 0) is 0 Å². The predicted octanol–water partition coefficient (Wildman–Crippen LogP) is 2.40. The summed E-state index contributed by atoms with van der Waals surface area (Å²) < 4.78 is 36.9. The standard InChI is InChI=1S/C9H10F3N/c1-5-4-6(10)2-3-7(5)8(13)9(11)12/h2-4,8-9H,13H2,1H3/t8-/m1/s1. The number of benzene rings is 1. The molecule has 0 radical (unpaired) electrons. The normalized spacial score (nSPS) is 13.4. The lowest BCUT2D eigenvalue weighted by Crippen LogP contribution is -2.19. The van der Waals surface area contributed by atoms with E-state index in [9.17, 15) is 13.2 Å². The van der Waals surface area contributed by atoms with Crippen molar-refractivity contribution in [1.29, 1.82) is 0 Å². The van der Waals surface area contributed by atoms with Crippen LogP contribution in [0.3, 0.4) is 0 Å². The van der Waals surface area contributed by atoms with Gasteiger partial charge in [-0.2, -0.15) is 0 Å². The van der Waals surface area contributed by atoms with Gasteiger partial charge >= 0.3 is 0 Å². The second kappa shape index (κ2) is 3.79. The van der Waals surface area contributed by atoms with Gasteiger partial charge in [0, 0.05) is 0 Å². The van der Waals surface area contributed by atoms with Gasteiger partial charge in [-0.3, -0.25) is 0 Å². The Kier molecular flexibility index (Phi) is 2.93. The fraction of sp³-hybridized carbons (Fsp3) is 0.333. The molecular formula is C9H10F3N. The van der Waals surface area contributed by atoms with E-state index in [1.54, 1.807) is 6.92 Å². The van der Waals surface area contributed by atoms with Gasteiger partial charge in [0.15, 0.2) is 0 Å². The van der Waals surface area contributed by atoms with E-state index < -0.39 is 18.3 Å². The van der Waals surface area contributed by atoms with Crippen LogP contribution < -0.4 is 5.73 Å². The fourth-order valence-corrected chi connectivity index (χ4v) is 1.15. The SMILES string of the molecule is Cc1cc(F)ccc1[C@@H](N)C(F)F. The highest BCUT2D eigenvalue weighted by Gasteiger charge is 2.19. The average molecular weight is 189 g/mol. The number of alkyl halides is 2. The zero-order valence-electron chi connectivity index (χ0n) is 7.10. The summed E-state index contributed by atoms with van der Waals surface area (Å²) in [4.78, 5) is 0. The van der Waals surface area contributed by atoms with Crippen molar-refractivity contribution in [2.75, 3.05) is 0 Å². The van der Waals surface area contributed by atoms with Gasteiger partial charge < -0.3 is 5.73 Å². The number of nitrogens with two attached hydrogens (primary N) is 1. The van der Waals surface area contributed by atoms with Gasteiger partial charge in [-0.05, 0) is 30.2 Å². The largest absolute Gasteiger partial charge is 0.319 e. The quantitative estimate of drug-likeness (QED) is 0.759. The van der Waals surface area contributed by atoms with E-state index in [0.29, 0.717) is 5.56 Å². The van der Waals surface area contributed by atoms with E-state index >= 15 is 0 Å². The van der Waals surface area contributed by atoms with Crippen LogP contribution in [0.15, 0.2) is 18.2 Å². The van der Waals surface area contributed by atoms with E-state index in [-0.39, 0.29) is 5.56 Å². The van der Waals surface area contributed by atoms with E-state index in [1.807, 2.05) is 0 Å². The number of rotatable bonds is 2. The first-order valence-electron chi connectivity index (χ1n) is 3.82. The number of halogens is 3. The van der Waals surface area contributed by atoms with Gasteiger partial charge in [0.05, 0.1) is 6.04 Å². The Balaban J connectivity index is 3.01. The van der Waals surface area contributed by atoms with E-state index in [1.165, 1.54) is 12.1 Å². The molecule has 1 atom stereocenters. The molecule has 1 aromatic rings. The summed E-state index contributed by atoms with van der Waals surface area (Å²) >= 11 is 0. The summed E-state index contributed by atoms with van der Waals surface area (Å²) in [7, 11) is 0. The van der Waals surface area contributed by atoms with Crippen LogP contribution in [0.4, 0.5) is 13.2 Å². The van der Waals surface area contributed by atoms with Crippen molar-refractivity contribution in [1.82, 2.24) is 0 Å². The van der Waals surface area contributed by atoms with E-state index in [2.05, 4.69) is 0 Å². The molecular weight excluding hydrogens is 179 g/mol. The number of hydrogen-bond donors (Lipinski definition) is 1. The molecule has 13 heavy (non-hydrogen) atoms. The summed E-state index contributed by atoms with van der Waals surface area (Å²) in [5, 5.41) is 0. The lowest BCUT2D eigenvalue weighted by molar-refractivity contribution is 0.116. The second-order valence-electron chi connectivity index (χ2n) is 2.86. The Hall–Kier alpha value is -1.03. The molecule has 1 rings (SSSR count). The van der Waals surface area contributed by atoms with Crippen LogP contribution in [0.2, 0.25) is 0 Å². The Morgan fingerprint density at radius 2 is 1.92 bits per heavy atom. The molecule has 4 heteroatoms. The lowest BCUT2D eigenvalue weighted by atomic mass is 10.0. The predicted molar refractivity (Wildman–Crippen MR) is 44.1 cm³/mol. The van der Waals surface area contributed by atoms with Gasteiger partial charge in [0.1, 0.15) is 5.82 Å². The minimum absolute atomic E-state index is 0.288. The Morgan fingerprint density at radius 3 is 2.38 bits per heavy atom. The third kappa shape index (κ3) is 2.21. The van der Waals surface area contributed by atoms with Crippen LogP contribution in [0.5, 0.6) is 0 Å². The Labute approximate surface area is 74.4 Å². The van der Waals surface area contributed by atoms with Crippen LogP contribution in [0.25, 0.3) is 0 Å². The molecule has 0 fully saturated rings. The molecule has 0 aliphatic heterocycles. The summed E-state index contributed by atoms with van der Waals surface area (Å²) in [6.45, 7) is 1.56. The van der Waals surface area contributed by atoms with Crippen molar-refractivity contribution >= 4 is 0 Å². The maximum Gasteiger partial charge on any atom is 0.257 e. The molecule has 1 aromatic carbocycles. The molecule has 0 aromatic heterocycles. The average Bonchev–Trinajstić information content (AvgIpc) is 2.03. The van der Waals surface area contributed by atoms with E-state index in [0.717, 1.165) is 6.07 Å². The van der Waals surface area contributed by atoms with Crippen LogP contribution in [0, 0.1) is 12.7 Å². The van der Waals surface area contributed by atoms with Gasteiger partial charge in [0.25, 0.3) is 6.43 Å². The first-order chi connectivity index (χ1) is 6.02. The number of aryl methyl sites for hydroxylation is 1. The van der Waals surface area contributed by atoms with Gasteiger partial charge in [0.2, 0.25) is 0 Å². The molecule has 1 nitrogen and oxygen atoms in total. The smallest absolute Gasteiger partial charge is 0.257 e. The van der Waals surface area contributed by atoms with Crippen molar-refractivity contribution in [2.24, 2.45) is 5.73 Å². The second-order valence-corrected chi connectivity index (χ2v) is 2.86. The number of hydrogen-bond acceptors (Lipinski definition) is 1. The zero-order valence-corrected chi connectivity index (χ0v) is 7.10. The molecule has 0 saturated carbocycles. The maximum absolute atomic E-state index is 12.6. The first-order valence-corrected chi connectivity index (χ1v) is 3.82. The summed E-state index contributed by atoms with van der Waals surface area (Å²) in [5.74, 6) is -0.442. The summed E-state index contributed by atoms with van der Waals surface area (Å²) in [6, 6.07) is 2.28. The molecule has 0 aliphatic rings. The molecule has 0 bridgehead atoms. The molecule has 2 N–H and O–H groups in total. The summed E-state index contributed by atoms with van der Waals surface area (Å²) in [5.41, 5.74) is 5.96.